The topological polar surface area (TPSA) is 9.86 Å². The second-order valence-corrected chi connectivity index (χ2v) is 10.6. The molecule has 0 spiro atoms. The zero-order chi connectivity index (χ0) is 24.0. The molecule has 0 bridgehead atoms. The van der Waals surface area contributed by atoms with Crippen molar-refractivity contribution in [1.29, 1.82) is 0 Å². The first-order chi connectivity index (χ1) is 17.0. The van der Waals surface area contributed by atoms with Gasteiger partial charge in [-0.2, -0.15) is 0 Å². The minimum absolute atomic E-state index is 0.413. The molecule has 174 valence electrons. The van der Waals surface area contributed by atoms with E-state index in [1.165, 1.54) is 76.6 Å². The minimum Gasteiger partial charge on any atom is -0.344 e. The number of para-hydroxylation sites is 1. The van der Waals surface area contributed by atoms with Crippen LogP contribution in [-0.4, -0.2) is 9.13 Å². The number of allylic oxidation sites excluding steroid dienone is 1. The summed E-state index contributed by atoms with van der Waals surface area (Å²) >= 11 is 0. The van der Waals surface area contributed by atoms with Crippen molar-refractivity contribution in [1.82, 2.24) is 9.13 Å². The van der Waals surface area contributed by atoms with Crippen molar-refractivity contribution in [2.24, 2.45) is 14.1 Å². The monoisotopic (exact) mass is 456 g/mol. The number of fused-ring (bicyclic) bond motifs is 10. The Morgan fingerprint density at radius 2 is 1.43 bits per heavy atom. The quantitative estimate of drug-likeness (QED) is 0.230. The molecule has 0 aliphatic heterocycles. The van der Waals surface area contributed by atoms with E-state index >= 15 is 0 Å². The Morgan fingerprint density at radius 3 is 2.14 bits per heavy atom. The maximum Gasteiger partial charge on any atom is 0.0495 e. The molecule has 1 aliphatic carbocycles. The number of benzene rings is 4. The van der Waals surface area contributed by atoms with Gasteiger partial charge in [-0.05, 0) is 87.7 Å². The third kappa shape index (κ3) is 2.55. The first-order valence-electron chi connectivity index (χ1n) is 13.1. The van der Waals surface area contributed by atoms with Crippen LogP contribution in [0.1, 0.15) is 55.5 Å². The highest BCUT2D eigenvalue weighted by Crippen LogP contribution is 2.47. The Labute approximate surface area is 206 Å². The van der Waals surface area contributed by atoms with E-state index in [1.807, 2.05) is 0 Å². The van der Waals surface area contributed by atoms with Gasteiger partial charge in [-0.3, -0.25) is 0 Å². The fraction of sp³-hybridized carbons (Fsp3) is 0.273. The molecule has 0 saturated carbocycles. The molecule has 0 fully saturated rings. The van der Waals surface area contributed by atoms with Crippen LogP contribution in [-0.2, 0) is 26.9 Å². The summed E-state index contributed by atoms with van der Waals surface area (Å²) in [6.45, 7) is 7.10. The molecule has 4 aromatic carbocycles. The van der Waals surface area contributed by atoms with Crippen LogP contribution in [0.25, 0.3) is 60.3 Å². The third-order valence-electron chi connectivity index (χ3n) is 8.55. The molecule has 2 heteroatoms. The SMILES string of the molecule is CCc1c2ccc3c(c4c(n3C)C=CCC4)c2c(C(C)C)c2c1ccc1c2c2ccccc2n1C. The van der Waals surface area contributed by atoms with Crippen LogP contribution in [0.2, 0.25) is 0 Å². The molecule has 7 rings (SSSR count). The van der Waals surface area contributed by atoms with Gasteiger partial charge in [0, 0.05) is 52.5 Å². The summed E-state index contributed by atoms with van der Waals surface area (Å²) in [6.07, 6.45) is 7.95. The molecule has 0 unspecified atom stereocenters. The molecular formula is C33H32N2. The van der Waals surface area contributed by atoms with Crippen molar-refractivity contribution in [3.8, 4) is 0 Å². The smallest absolute Gasteiger partial charge is 0.0495 e. The Bertz CT molecular complexity index is 1870. The lowest BCUT2D eigenvalue weighted by atomic mass is 9.82. The molecule has 6 aromatic rings. The van der Waals surface area contributed by atoms with Gasteiger partial charge < -0.3 is 9.13 Å². The molecule has 2 nitrogen and oxygen atoms in total. The largest absolute Gasteiger partial charge is 0.344 e. The van der Waals surface area contributed by atoms with Gasteiger partial charge in [0.15, 0.2) is 0 Å². The Hall–Kier alpha value is -3.52. The maximum absolute atomic E-state index is 2.41. The summed E-state index contributed by atoms with van der Waals surface area (Å²) in [6, 6.07) is 18.4. The van der Waals surface area contributed by atoms with Crippen LogP contribution in [0.3, 0.4) is 0 Å². The summed E-state index contributed by atoms with van der Waals surface area (Å²) in [5.74, 6) is 0.413. The average Bonchev–Trinajstić information content (AvgIpc) is 3.34. The van der Waals surface area contributed by atoms with Crippen molar-refractivity contribution in [2.75, 3.05) is 0 Å². The summed E-state index contributed by atoms with van der Waals surface area (Å²) < 4.78 is 4.79. The van der Waals surface area contributed by atoms with E-state index in [0.717, 1.165) is 19.3 Å². The summed E-state index contributed by atoms with van der Waals surface area (Å²) in [4.78, 5) is 0. The molecular weight excluding hydrogens is 424 g/mol. The lowest BCUT2D eigenvalue weighted by Crippen LogP contribution is -1.99. The highest BCUT2D eigenvalue weighted by Gasteiger charge is 2.25. The molecule has 1 aliphatic rings. The molecule has 0 amide bonds. The van der Waals surface area contributed by atoms with Crippen LogP contribution in [0.4, 0.5) is 0 Å². The zero-order valence-electron chi connectivity index (χ0n) is 21.4. The van der Waals surface area contributed by atoms with Crippen molar-refractivity contribution < 1.29 is 0 Å². The van der Waals surface area contributed by atoms with Crippen LogP contribution >= 0.6 is 0 Å². The predicted octanol–water partition coefficient (Wildman–Crippen LogP) is 8.77. The fourth-order valence-corrected chi connectivity index (χ4v) is 7.07. The summed E-state index contributed by atoms with van der Waals surface area (Å²) in [5, 5.41) is 10.1. The number of rotatable bonds is 2. The summed E-state index contributed by atoms with van der Waals surface area (Å²) in [7, 11) is 4.45. The van der Waals surface area contributed by atoms with E-state index in [9.17, 15) is 0 Å². The lowest BCUT2D eigenvalue weighted by Gasteiger charge is -2.21. The highest BCUT2D eigenvalue weighted by atomic mass is 14.9. The number of nitrogens with zero attached hydrogens (tertiary/aromatic N) is 2. The number of hydrogen-bond donors (Lipinski definition) is 0. The molecule has 0 atom stereocenters. The van der Waals surface area contributed by atoms with Crippen molar-refractivity contribution in [2.45, 2.75) is 46.0 Å². The second-order valence-electron chi connectivity index (χ2n) is 10.6. The van der Waals surface area contributed by atoms with Gasteiger partial charge in [-0.15, -0.1) is 0 Å². The fourth-order valence-electron chi connectivity index (χ4n) is 7.07. The standard InChI is InChI=1S/C33H32N2/c1-6-20-21-15-17-27-30(23-11-7-9-13-25(23)34(27)4)32(21)29(19(2)3)33-22(20)16-18-28-31(33)24-12-8-10-14-26(24)35(28)5/h7,9-11,13-19H,6,8,12H2,1-5H3. The zero-order valence-corrected chi connectivity index (χ0v) is 21.4. The Morgan fingerprint density at radius 1 is 0.743 bits per heavy atom. The molecule has 0 radical (unpaired) electrons. The van der Waals surface area contributed by atoms with Gasteiger partial charge in [-0.1, -0.05) is 57.2 Å². The molecule has 2 aromatic heterocycles. The molecule has 2 heterocycles. The van der Waals surface area contributed by atoms with Crippen LogP contribution in [0, 0.1) is 0 Å². The van der Waals surface area contributed by atoms with Gasteiger partial charge in [0.25, 0.3) is 0 Å². The van der Waals surface area contributed by atoms with Crippen LogP contribution < -0.4 is 0 Å². The molecule has 0 saturated heterocycles. The second kappa shape index (κ2) is 7.24. The van der Waals surface area contributed by atoms with Crippen molar-refractivity contribution >= 4 is 60.3 Å². The van der Waals surface area contributed by atoms with E-state index in [0.29, 0.717) is 5.92 Å². The Balaban J connectivity index is 1.85. The minimum atomic E-state index is 0.413. The number of aryl methyl sites for hydroxylation is 4. The highest BCUT2D eigenvalue weighted by molar-refractivity contribution is 6.28. The van der Waals surface area contributed by atoms with Gasteiger partial charge >= 0.3 is 0 Å². The van der Waals surface area contributed by atoms with Crippen molar-refractivity contribution in [3.05, 3.63) is 77.0 Å². The van der Waals surface area contributed by atoms with Gasteiger partial charge in [0.2, 0.25) is 0 Å². The first-order valence-corrected chi connectivity index (χ1v) is 13.1. The first kappa shape index (κ1) is 20.8. The van der Waals surface area contributed by atoms with E-state index in [2.05, 4.69) is 105 Å². The van der Waals surface area contributed by atoms with E-state index in [-0.39, 0.29) is 0 Å². The van der Waals surface area contributed by atoms with E-state index < -0.39 is 0 Å². The number of aromatic nitrogens is 2. The predicted molar refractivity (Wildman–Crippen MR) is 153 cm³/mol. The average molecular weight is 457 g/mol. The number of hydrogen-bond acceptors (Lipinski definition) is 0. The van der Waals surface area contributed by atoms with Crippen molar-refractivity contribution in [3.63, 3.8) is 0 Å². The van der Waals surface area contributed by atoms with Gasteiger partial charge in [0.1, 0.15) is 0 Å². The van der Waals surface area contributed by atoms with Gasteiger partial charge in [0.05, 0.1) is 0 Å². The lowest BCUT2D eigenvalue weighted by molar-refractivity contribution is 0.886. The maximum atomic E-state index is 2.41. The van der Waals surface area contributed by atoms with E-state index in [4.69, 9.17) is 0 Å². The molecule has 0 N–H and O–H groups in total. The summed E-state index contributed by atoms with van der Waals surface area (Å²) in [5.41, 5.74) is 9.92. The van der Waals surface area contributed by atoms with Crippen LogP contribution in [0.5, 0.6) is 0 Å². The van der Waals surface area contributed by atoms with Crippen LogP contribution in [0.15, 0.2) is 54.6 Å². The normalized spacial score (nSPS) is 13.9. The van der Waals surface area contributed by atoms with E-state index in [1.54, 1.807) is 0 Å². The molecule has 35 heavy (non-hydrogen) atoms. The van der Waals surface area contributed by atoms with Gasteiger partial charge in [-0.25, -0.2) is 0 Å². The third-order valence-corrected chi connectivity index (χ3v) is 8.55. The Kier molecular flexibility index (Phi) is 4.31.